The molecule has 4 aliphatic rings. The summed E-state index contributed by atoms with van der Waals surface area (Å²) in [6, 6.07) is 9.38. The van der Waals surface area contributed by atoms with Crippen molar-refractivity contribution in [2.45, 2.75) is 40.0 Å². The minimum Gasteiger partial charge on any atom is -0.274 e. The molecule has 138 valence electrons. The van der Waals surface area contributed by atoms with Gasteiger partial charge in [-0.05, 0) is 60.5 Å². The Morgan fingerprint density at radius 2 is 1.85 bits per heavy atom. The minimum absolute atomic E-state index is 0.00371. The molecule has 3 nitrogen and oxygen atoms in total. The number of hydrogen-bond donors (Lipinski definition) is 0. The predicted octanol–water partition coefficient (Wildman–Crippen LogP) is 4.69. The number of para-hydroxylation sites is 1. The fourth-order valence-electron chi connectivity index (χ4n) is 6.15. The molecule has 5 rings (SSSR count). The summed E-state index contributed by atoms with van der Waals surface area (Å²) in [5.41, 5.74) is 1.09. The molecule has 0 aromatic heterocycles. The Bertz CT molecular complexity index is 738. The van der Waals surface area contributed by atoms with Gasteiger partial charge in [-0.1, -0.05) is 45.0 Å². The molecule has 1 aromatic rings. The summed E-state index contributed by atoms with van der Waals surface area (Å²) < 4.78 is 0. The molecular formula is C23H29NO2. The number of carbonyl (C=O) groups is 2. The molecule has 3 heteroatoms. The summed E-state index contributed by atoms with van der Waals surface area (Å²) in [5, 5.41) is 0. The molecule has 3 aliphatic carbocycles. The van der Waals surface area contributed by atoms with Gasteiger partial charge in [0.2, 0.25) is 11.8 Å². The molecule has 2 bridgehead atoms. The zero-order valence-electron chi connectivity index (χ0n) is 16.0. The molecule has 1 aliphatic heterocycles. The van der Waals surface area contributed by atoms with Gasteiger partial charge in [0.15, 0.2) is 0 Å². The summed E-state index contributed by atoms with van der Waals surface area (Å²) in [6.45, 7) is 10.9. The van der Waals surface area contributed by atoms with Crippen LogP contribution in [0, 0.1) is 40.9 Å². The van der Waals surface area contributed by atoms with Crippen LogP contribution >= 0.6 is 0 Å². The number of carbonyl (C=O) groups excluding carboxylic acids is 2. The number of hydrogen-bond acceptors (Lipinski definition) is 2. The maximum Gasteiger partial charge on any atom is 0.238 e. The van der Waals surface area contributed by atoms with E-state index in [2.05, 4.69) is 27.4 Å². The number of amides is 2. The van der Waals surface area contributed by atoms with E-state index in [0.717, 1.165) is 6.42 Å². The fourth-order valence-corrected chi connectivity index (χ4v) is 6.15. The highest BCUT2D eigenvalue weighted by atomic mass is 16.2. The molecule has 0 N–H and O–H groups in total. The molecular weight excluding hydrogens is 322 g/mol. The van der Waals surface area contributed by atoms with Gasteiger partial charge >= 0.3 is 0 Å². The standard InChI is InChI=1S/C23H29NO2/c1-5-9-17-20(18-12-15-13-19(14(18)2)23(15,3)4)22(26)24(21(17)25)16-10-7-6-8-11-16/h5-8,10-11,14-15,17-20H,1,9,12-13H2,2-4H3/t14-,15+,17?,18+,19+,20?/m0/s1. The summed E-state index contributed by atoms with van der Waals surface area (Å²) in [4.78, 5) is 28.0. The molecule has 0 radical (unpaired) electrons. The van der Waals surface area contributed by atoms with E-state index in [1.54, 1.807) is 6.08 Å². The second-order valence-corrected chi connectivity index (χ2v) is 9.12. The van der Waals surface area contributed by atoms with Gasteiger partial charge in [-0.15, -0.1) is 6.58 Å². The lowest BCUT2D eigenvalue weighted by molar-refractivity contribution is -0.152. The average Bonchev–Trinajstić information content (AvgIpc) is 2.86. The van der Waals surface area contributed by atoms with E-state index in [-0.39, 0.29) is 23.7 Å². The number of imide groups is 1. The number of rotatable bonds is 4. The third-order valence-corrected chi connectivity index (χ3v) is 7.79. The number of allylic oxidation sites excluding steroid dienone is 1. The number of benzene rings is 1. The van der Waals surface area contributed by atoms with E-state index >= 15 is 0 Å². The first-order valence-electron chi connectivity index (χ1n) is 9.91. The van der Waals surface area contributed by atoms with E-state index in [4.69, 9.17) is 0 Å². The SMILES string of the molecule is C=CCC1C(=O)N(c2ccccc2)C(=O)C1[C@@H]1C[C@@H]2C[C@H]([C@H]1C)C2(C)C. The van der Waals surface area contributed by atoms with Gasteiger partial charge in [0.25, 0.3) is 0 Å². The second kappa shape index (κ2) is 6.07. The van der Waals surface area contributed by atoms with Crippen LogP contribution in [0.15, 0.2) is 43.0 Å². The molecule has 1 heterocycles. The van der Waals surface area contributed by atoms with Crippen molar-refractivity contribution in [2.75, 3.05) is 4.90 Å². The molecule has 2 unspecified atom stereocenters. The first-order chi connectivity index (χ1) is 12.4. The highest BCUT2D eigenvalue weighted by Gasteiger charge is 2.61. The first kappa shape index (κ1) is 17.5. The largest absolute Gasteiger partial charge is 0.274 e. The molecule has 0 spiro atoms. The van der Waals surface area contributed by atoms with Gasteiger partial charge in [0.1, 0.15) is 0 Å². The van der Waals surface area contributed by atoms with Crippen molar-refractivity contribution in [1.82, 2.24) is 0 Å². The molecule has 3 saturated carbocycles. The minimum atomic E-state index is -0.256. The van der Waals surface area contributed by atoms with Crippen molar-refractivity contribution < 1.29 is 9.59 Å². The zero-order valence-corrected chi connectivity index (χ0v) is 16.0. The molecule has 2 amide bonds. The van der Waals surface area contributed by atoms with Crippen molar-refractivity contribution >= 4 is 17.5 Å². The van der Waals surface area contributed by atoms with Crippen LogP contribution in [0.5, 0.6) is 0 Å². The van der Waals surface area contributed by atoms with Gasteiger partial charge in [-0.2, -0.15) is 0 Å². The Morgan fingerprint density at radius 3 is 2.42 bits per heavy atom. The Kier molecular flexibility index (Phi) is 4.09. The van der Waals surface area contributed by atoms with Crippen LogP contribution in [-0.2, 0) is 9.59 Å². The Morgan fingerprint density at radius 1 is 1.15 bits per heavy atom. The first-order valence-corrected chi connectivity index (χ1v) is 9.91. The van der Waals surface area contributed by atoms with Crippen LogP contribution < -0.4 is 4.90 Å². The number of anilines is 1. The summed E-state index contributed by atoms with van der Waals surface area (Å²) in [7, 11) is 0. The van der Waals surface area contributed by atoms with Crippen LogP contribution in [0.4, 0.5) is 5.69 Å². The maximum absolute atomic E-state index is 13.4. The monoisotopic (exact) mass is 351 g/mol. The van der Waals surface area contributed by atoms with Crippen LogP contribution in [0.1, 0.15) is 40.0 Å². The second-order valence-electron chi connectivity index (χ2n) is 9.12. The quantitative estimate of drug-likeness (QED) is 0.583. The Labute approximate surface area is 156 Å². The van der Waals surface area contributed by atoms with Gasteiger partial charge < -0.3 is 0 Å². The smallest absolute Gasteiger partial charge is 0.238 e. The zero-order chi connectivity index (χ0) is 18.6. The van der Waals surface area contributed by atoms with E-state index in [9.17, 15) is 9.59 Å². The van der Waals surface area contributed by atoms with Crippen LogP contribution in [0.2, 0.25) is 0 Å². The lowest BCUT2D eigenvalue weighted by Gasteiger charge is -2.63. The van der Waals surface area contributed by atoms with Crippen molar-refractivity contribution in [3.63, 3.8) is 0 Å². The van der Waals surface area contributed by atoms with Gasteiger partial charge in [0.05, 0.1) is 17.5 Å². The molecule has 26 heavy (non-hydrogen) atoms. The molecule has 1 aromatic carbocycles. The normalized spacial score (nSPS) is 38.2. The fraction of sp³-hybridized carbons (Fsp3) is 0.565. The van der Waals surface area contributed by atoms with Gasteiger partial charge in [-0.3, -0.25) is 14.5 Å². The van der Waals surface area contributed by atoms with E-state index in [1.165, 1.54) is 11.3 Å². The third-order valence-electron chi connectivity index (χ3n) is 7.79. The van der Waals surface area contributed by atoms with Gasteiger partial charge in [0, 0.05) is 0 Å². The summed E-state index contributed by atoms with van der Waals surface area (Å²) in [5.74, 6) is 1.66. The van der Waals surface area contributed by atoms with Crippen LogP contribution in [-0.4, -0.2) is 11.8 Å². The Hall–Kier alpha value is -1.90. The molecule has 4 fully saturated rings. The van der Waals surface area contributed by atoms with Crippen molar-refractivity contribution in [3.05, 3.63) is 43.0 Å². The predicted molar refractivity (Wildman–Crippen MR) is 103 cm³/mol. The van der Waals surface area contributed by atoms with E-state index in [0.29, 0.717) is 41.2 Å². The lowest BCUT2D eigenvalue weighted by Crippen LogP contribution is -2.57. The van der Waals surface area contributed by atoms with Crippen molar-refractivity contribution in [3.8, 4) is 0 Å². The van der Waals surface area contributed by atoms with E-state index < -0.39 is 0 Å². The van der Waals surface area contributed by atoms with Gasteiger partial charge in [-0.25, -0.2) is 0 Å². The topological polar surface area (TPSA) is 37.4 Å². The average molecular weight is 351 g/mol. The third kappa shape index (κ3) is 2.32. The van der Waals surface area contributed by atoms with E-state index in [1.807, 2.05) is 30.3 Å². The summed E-state index contributed by atoms with van der Waals surface area (Å²) in [6.07, 6.45) is 4.74. The highest BCUT2D eigenvalue weighted by Crippen LogP contribution is 2.65. The van der Waals surface area contributed by atoms with Crippen molar-refractivity contribution in [1.29, 1.82) is 0 Å². The summed E-state index contributed by atoms with van der Waals surface area (Å²) >= 11 is 0. The number of fused-ring (bicyclic) bond motifs is 2. The Balaban J connectivity index is 1.67. The molecule has 6 atom stereocenters. The lowest BCUT2D eigenvalue weighted by atomic mass is 9.42. The van der Waals surface area contributed by atoms with Crippen LogP contribution in [0.25, 0.3) is 0 Å². The van der Waals surface area contributed by atoms with Crippen LogP contribution in [0.3, 0.4) is 0 Å². The number of nitrogens with zero attached hydrogens (tertiary/aromatic N) is 1. The maximum atomic E-state index is 13.4. The van der Waals surface area contributed by atoms with Crippen molar-refractivity contribution in [2.24, 2.45) is 40.9 Å². The molecule has 1 saturated heterocycles. The highest BCUT2D eigenvalue weighted by molar-refractivity contribution is 6.22.